The summed E-state index contributed by atoms with van der Waals surface area (Å²) in [7, 11) is 0. The largest absolute Gasteiger partial charge is 0.299 e. The van der Waals surface area contributed by atoms with E-state index in [1.54, 1.807) is 12.1 Å². The molecule has 0 radical (unpaired) electrons. The van der Waals surface area contributed by atoms with Gasteiger partial charge in [-0.15, -0.1) is 0 Å². The number of aldehydes is 1. The first-order chi connectivity index (χ1) is 7.01. The minimum Gasteiger partial charge on any atom is -0.299 e. The van der Waals surface area contributed by atoms with E-state index in [0.717, 1.165) is 18.4 Å². The average Bonchev–Trinajstić information content (AvgIpc) is 2.21. The van der Waals surface area contributed by atoms with Gasteiger partial charge in [0.05, 0.1) is 0 Å². The lowest BCUT2D eigenvalue weighted by atomic mass is 9.97. The van der Waals surface area contributed by atoms with Crippen LogP contribution < -0.4 is 0 Å². The maximum Gasteiger partial charge on any atom is 0.188 e. The van der Waals surface area contributed by atoms with Crippen LogP contribution in [0.5, 0.6) is 0 Å². The molecule has 0 heterocycles. The van der Waals surface area contributed by atoms with Crippen LogP contribution in [0.4, 0.5) is 4.39 Å². The predicted octanol–water partition coefficient (Wildman–Crippen LogP) is 3.68. The van der Waals surface area contributed by atoms with Crippen molar-refractivity contribution in [2.45, 2.75) is 32.4 Å². The molecular formula is C12H14ClFO. The molecule has 15 heavy (non-hydrogen) atoms. The standard InChI is InChI=1S/C12H14ClFO/c1-3-4-9-5-6-10(7-11(9)13)12(2,14)8-15/h5-8H,3-4H2,1-2H3. The Balaban J connectivity index is 3.06. The fourth-order valence-corrected chi connectivity index (χ4v) is 1.67. The number of halogens is 2. The number of hydrogen-bond acceptors (Lipinski definition) is 1. The average molecular weight is 229 g/mol. The summed E-state index contributed by atoms with van der Waals surface area (Å²) in [4.78, 5) is 10.5. The van der Waals surface area contributed by atoms with Gasteiger partial charge in [0, 0.05) is 5.02 Å². The van der Waals surface area contributed by atoms with Gasteiger partial charge in [-0.2, -0.15) is 0 Å². The fraction of sp³-hybridized carbons (Fsp3) is 0.417. The Labute approximate surface area is 94.3 Å². The van der Waals surface area contributed by atoms with Gasteiger partial charge in [0.25, 0.3) is 0 Å². The molecule has 0 amide bonds. The van der Waals surface area contributed by atoms with Gasteiger partial charge >= 0.3 is 0 Å². The van der Waals surface area contributed by atoms with Gasteiger partial charge in [-0.05, 0) is 30.5 Å². The topological polar surface area (TPSA) is 17.1 Å². The number of carbonyl (C=O) groups excluding carboxylic acids is 1. The van der Waals surface area contributed by atoms with Crippen molar-refractivity contribution in [2.75, 3.05) is 0 Å². The Kier molecular flexibility index (Phi) is 3.86. The second-order valence-corrected chi connectivity index (χ2v) is 4.16. The van der Waals surface area contributed by atoms with E-state index >= 15 is 0 Å². The van der Waals surface area contributed by atoms with Crippen molar-refractivity contribution in [2.24, 2.45) is 0 Å². The molecule has 1 aromatic carbocycles. The first-order valence-electron chi connectivity index (χ1n) is 4.95. The molecule has 1 aromatic rings. The Morgan fingerprint density at radius 2 is 2.20 bits per heavy atom. The molecule has 1 nitrogen and oxygen atoms in total. The van der Waals surface area contributed by atoms with E-state index in [1.165, 1.54) is 13.0 Å². The maximum atomic E-state index is 13.6. The minimum absolute atomic E-state index is 0.290. The third kappa shape index (κ3) is 2.78. The van der Waals surface area contributed by atoms with Crippen LogP contribution in [0.15, 0.2) is 18.2 Å². The fourth-order valence-electron chi connectivity index (χ4n) is 1.39. The lowest BCUT2D eigenvalue weighted by molar-refractivity contribution is -0.117. The Bertz CT molecular complexity index is 361. The van der Waals surface area contributed by atoms with Gasteiger partial charge < -0.3 is 0 Å². The van der Waals surface area contributed by atoms with Crippen LogP contribution in [-0.2, 0) is 16.9 Å². The molecule has 0 N–H and O–H groups in total. The predicted molar refractivity (Wildman–Crippen MR) is 60.0 cm³/mol. The summed E-state index contributed by atoms with van der Waals surface area (Å²) in [6.45, 7) is 3.28. The van der Waals surface area contributed by atoms with Crippen LogP contribution >= 0.6 is 11.6 Å². The monoisotopic (exact) mass is 228 g/mol. The molecule has 1 unspecified atom stereocenters. The second kappa shape index (κ2) is 4.75. The summed E-state index contributed by atoms with van der Waals surface area (Å²) < 4.78 is 13.6. The van der Waals surface area contributed by atoms with E-state index in [2.05, 4.69) is 6.92 Å². The van der Waals surface area contributed by atoms with Crippen molar-refractivity contribution in [3.63, 3.8) is 0 Å². The van der Waals surface area contributed by atoms with E-state index in [-0.39, 0.29) is 6.29 Å². The lowest BCUT2D eigenvalue weighted by Crippen LogP contribution is -2.16. The summed E-state index contributed by atoms with van der Waals surface area (Å²) in [5.41, 5.74) is -0.652. The molecule has 0 aliphatic heterocycles. The van der Waals surface area contributed by atoms with Crippen molar-refractivity contribution in [3.05, 3.63) is 34.3 Å². The summed E-state index contributed by atoms with van der Waals surface area (Å²) in [5, 5.41) is 0.528. The minimum atomic E-state index is -1.95. The molecule has 82 valence electrons. The highest BCUT2D eigenvalue weighted by Crippen LogP contribution is 2.28. The summed E-state index contributed by atoms with van der Waals surface area (Å²) in [6, 6.07) is 4.93. The van der Waals surface area contributed by atoms with Crippen LogP contribution in [0.3, 0.4) is 0 Å². The third-order valence-electron chi connectivity index (χ3n) is 2.36. The van der Waals surface area contributed by atoms with E-state index in [4.69, 9.17) is 11.6 Å². The molecule has 1 rings (SSSR count). The van der Waals surface area contributed by atoms with E-state index < -0.39 is 5.67 Å². The highest BCUT2D eigenvalue weighted by Gasteiger charge is 2.25. The quantitative estimate of drug-likeness (QED) is 0.719. The van der Waals surface area contributed by atoms with Gasteiger partial charge in [-0.1, -0.05) is 37.1 Å². The van der Waals surface area contributed by atoms with Crippen LogP contribution in [0.25, 0.3) is 0 Å². The number of aryl methyl sites for hydroxylation is 1. The zero-order chi connectivity index (χ0) is 11.5. The molecule has 0 fully saturated rings. The first-order valence-corrected chi connectivity index (χ1v) is 5.33. The lowest BCUT2D eigenvalue weighted by Gasteiger charge is -2.14. The molecule has 3 heteroatoms. The molecule has 0 aliphatic carbocycles. The van der Waals surface area contributed by atoms with E-state index in [9.17, 15) is 9.18 Å². The van der Waals surface area contributed by atoms with Crippen molar-refractivity contribution in [1.82, 2.24) is 0 Å². The van der Waals surface area contributed by atoms with Gasteiger partial charge in [0.15, 0.2) is 12.0 Å². The van der Waals surface area contributed by atoms with Crippen LogP contribution in [-0.4, -0.2) is 6.29 Å². The molecule has 0 spiro atoms. The number of alkyl halides is 1. The number of carbonyl (C=O) groups is 1. The van der Waals surface area contributed by atoms with E-state index in [1.807, 2.05) is 0 Å². The normalized spacial score (nSPS) is 14.7. The molecule has 0 aromatic heterocycles. The molecule has 1 atom stereocenters. The smallest absolute Gasteiger partial charge is 0.188 e. The van der Waals surface area contributed by atoms with Crippen molar-refractivity contribution in [1.29, 1.82) is 0 Å². The number of benzene rings is 1. The molecule has 0 saturated carbocycles. The zero-order valence-corrected chi connectivity index (χ0v) is 9.64. The number of rotatable bonds is 4. The van der Waals surface area contributed by atoms with Crippen molar-refractivity contribution >= 4 is 17.9 Å². The van der Waals surface area contributed by atoms with Crippen LogP contribution in [0, 0.1) is 0 Å². The maximum absolute atomic E-state index is 13.6. The highest BCUT2D eigenvalue weighted by molar-refractivity contribution is 6.31. The highest BCUT2D eigenvalue weighted by atomic mass is 35.5. The molecular weight excluding hydrogens is 215 g/mol. The van der Waals surface area contributed by atoms with Crippen LogP contribution in [0.1, 0.15) is 31.4 Å². The molecule has 0 saturated heterocycles. The van der Waals surface area contributed by atoms with Gasteiger partial charge in [-0.3, -0.25) is 4.79 Å². The van der Waals surface area contributed by atoms with E-state index in [0.29, 0.717) is 10.6 Å². The third-order valence-corrected chi connectivity index (χ3v) is 2.71. The summed E-state index contributed by atoms with van der Waals surface area (Å²) >= 11 is 5.99. The van der Waals surface area contributed by atoms with Gasteiger partial charge in [0.1, 0.15) is 0 Å². The summed E-state index contributed by atoms with van der Waals surface area (Å²) in [5.74, 6) is 0. The summed E-state index contributed by atoms with van der Waals surface area (Å²) in [6.07, 6.45) is 2.14. The van der Waals surface area contributed by atoms with Crippen LogP contribution in [0.2, 0.25) is 5.02 Å². The number of hydrogen-bond donors (Lipinski definition) is 0. The van der Waals surface area contributed by atoms with Crippen molar-refractivity contribution in [3.8, 4) is 0 Å². The first kappa shape index (κ1) is 12.2. The second-order valence-electron chi connectivity index (χ2n) is 3.75. The van der Waals surface area contributed by atoms with Gasteiger partial charge in [-0.25, -0.2) is 4.39 Å². The Morgan fingerprint density at radius 1 is 1.53 bits per heavy atom. The molecule has 0 aliphatic rings. The Morgan fingerprint density at radius 3 is 2.67 bits per heavy atom. The van der Waals surface area contributed by atoms with Crippen molar-refractivity contribution < 1.29 is 9.18 Å². The SMILES string of the molecule is CCCc1ccc(C(C)(F)C=O)cc1Cl. The molecule has 0 bridgehead atoms. The zero-order valence-electron chi connectivity index (χ0n) is 8.89. The Hall–Kier alpha value is -0.890. The van der Waals surface area contributed by atoms with Gasteiger partial charge in [0.2, 0.25) is 0 Å².